The van der Waals surface area contributed by atoms with E-state index in [0.29, 0.717) is 12.0 Å². The molecule has 3 heterocycles. The summed E-state index contributed by atoms with van der Waals surface area (Å²) in [6.07, 6.45) is 3.52. The molecule has 22 heavy (non-hydrogen) atoms. The number of rotatable bonds is 1. The molecule has 0 unspecified atom stereocenters. The van der Waals surface area contributed by atoms with Crippen molar-refractivity contribution < 1.29 is 14.3 Å². The first-order valence-corrected chi connectivity index (χ1v) is 7.98. The predicted molar refractivity (Wildman–Crippen MR) is 80.5 cm³/mol. The van der Waals surface area contributed by atoms with Gasteiger partial charge in [0.2, 0.25) is 5.91 Å². The van der Waals surface area contributed by atoms with Gasteiger partial charge in [0.25, 0.3) is 5.91 Å². The first kappa shape index (κ1) is 13.8. The van der Waals surface area contributed by atoms with Crippen LogP contribution in [0.1, 0.15) is 35.2 Å². The van der Waals surface area contributed by atoms with Gasteiger partial charge in [-0.1, -0.05) is 18.2 Å². The van der Waals surface area contributed by atoms with Gasteiger partial charge >= 0.3 is 0 Å². The van der Waals surface area contributed by atoms with Crippen LogP contribution in [0.15, 0.2) is 24.3 Å². The molecule has 116 valence electrons. The number of carbonyl (C=O) groups is 2. The molecule has 3 aliphatic heterocycles. The molecule has 0 saturated carbocycles. The van der Waals surface area contributed by atoms with Crippen LogP contribution in [-0.4, -0.2) is 48.1 Å². The van der Waals surface area contributed by atoms with E-state index in [9.17, 15) is 9.59 Å². The number of nitrogens with zero attached hydrogens (tertiary/aromatic N) is 1. The van der Waals surface area contributed by atoms with Gasteiger partial charge in [-0.05, 0) is 30.9 Å². The fraction of sp³-hybridized carbons (Fsp3) is 0.529. The quantitative estimate of drug-likeness (QED) is 0.845. The lowest BCUT2D eigenvalue weighted by Crippen LogP contribution is -2.58. The Balaban J connectivity index is 1.45. The van der Waals surface area contributed by atoms with E-state index in [1.165, 1.54) is 0 Å². The normalized spacial score (nSPS) is 26.1. The van der Waals surface area contributed by atoms with Gasteiger partial charge in [-0.15, -0.1) is 0 Å². The van der Waals surface area contributed by atoms with Crippen LogP contribution in [0.2, 0.25) is 0 Å². The van der Waals surface area contributed by atoms with Crippen LogP contribution < -0.4 is 5.32 Å². The SMILES string of the molecule is O=C1N[C@H](C(=O)N2CCC3(CCO3)CC2)Cc2ccccc21. The van der Waals surface area contributed by atoms with Crippen molar-refractivity contribution in [3.63, 3.8) is 0 Å². The van der Waals surface area contributed by atoms with Crippen molar-refractivity contribution in [3.05, 3.63) is 35.4 Å². The number of hydrogen-bond donors (Lipinski definition) is 1. The standard InChI is InChI=1S/C17H20N2O3/c20-15-13-4-2-1-3-12(13)11-14(18-15)16(21)19-8-5-17(6-9-19)7-10-22-17/h1-4,14H,5-11H2,(H,18,20)/t14-/m0/s1. The lowest BCUT2D eigenvalue weighted by Gasteiger charge is -2.48. The average Bonchev–Trinajstić information content (AvgIpc) is 2.53. The summed E-state index contributed by atoms with van der Waals surface area (Å²) in [5, 5.41) is 2.86. The van der Waals surface area contributed by atoms with Crippen LogP contribution in [0.3, 0.4) is 0 Å². The summed E-state index contributed by atoms with van der Waals surface area (Å²) in [6, 6.07) is 7.07. The third-order valence-corrected chi connectivity index (χ3v) is 5.24. The van der Waals surface area contributed by atoms with Crippen molar-refractivity contribution >= 4 is 11.8 Å². The molecule has 0 radical (unpaired) electrons. The number of carbonyl (C=O) groups excluding carboxylic acids is 2. The van der Waals surface area contributed by atoms with Crippen molar-refractivity contribution in [2.45, 2.75) is 37.3 Å². The summed E-state index contributed by atoms with van der Waals surface area (Å²) in [4.78, 5) is 26.7. The molecule has 0 aliphatic carbocycles. The summed E-state index contributed by atoms with van der Waals surface area (Å²) in [5.41, 5.74) is 1.69. The summed E-state index contributed by atoms with van der Waals surface area (Å²) in [6.45, 7) is 2.31. The fourth-order valence-electron chi connectivity index (χ4n) is 3.72. The summed E-state index contributed by atoms with van der Waals surface area (Å²) >= 11 is 0. The zero-order valence-corrected chi connectivity index (χ0v) is 12.5. The second-order valence-electron chi connectivity index (χ2n) is 6.49. The Morgan fingerprint density at radius 1 is 1.23 bits per heavy atom. The summed E-state index contributed by atoms with van der Waals surface area (Å²) < 4.78 is 5.69. The smallest absolute Gasteiger partial charge is 0.252 e. The Labute approximate surface area is 129 Å². The first-order valence-electron chi connectivity index (χ1n) is 7.98. The van der Waals surface area contributed by atoms with Gasteiger partial charge in [-0.2, -0.15) is 0 Å². The zero-order valence-electron chi connectivity index (χ0n) is 12.5. The van der Waals surface area contributed by atoms with Crippen LogP contribution >= 0.6 is 0 Å². The number of piperidine rings is 1. The van der Waals surface area contributed by atoms with E-state index in [0.717, 1.165) is 44.5 Å². The van der Waals surface area contributed by atoms with Gasteiger partial charge in [0.05, 0.1) is 12.2 Å². The topological polar surface area (TPSA) is 58.6 Å². The first-order chi connectivity index (χ1) is 10.7. The van der Waals surface area contributed by atoms with Gasteiger partial charge in [0, 0.05) is 25.1 Å². The number of benzene rings is 1. The van der Waals surface area contributed by atoms with Gasteiger partial charge in [0.15, 0.2) is 0 Å². The Bertz CT molecular complexity index is 614. The number of nitrogens with one attached hydrogen (secondary N) is 1. The zero-order chi connectivity index (χ0) is 15.2. The monoisotopic (exact) mass is 300 g/mol. The molecule has 2 saturated heterocycles. The maximum Gasteiger partial charge on any atom is 0.252 e. The molecule has 5 nitrogen and oxygen atoms in total. The van der Waals surface area contributed by atoms with Crippen LogP contribution in [-0.2, 0) is 16.0 Å². The van der Waals surface area contributed by atoms with Crippen molar-refractivity contribution in [1.82, 2.24) is 10.2 Å². The molecular formula is C17H20N2O3. The molecule has 1 aromatic carbocycles. The lowest BCUT2D eigenvalue weighted by molar-refractivity contribution is -0.176. The molecule has 4 rings (SSSR count). The second-order valence-corrected chi connectivity index (χ2v) is 6.49. The molecule has 1 atom stereocenters. The van der Waals surface area contributed by atoms with Crippen molar-refractivity contribution in [3.8, 4) is 0 Å². The molecular weight excluding hydrogens is 280 g/mol. The molecule has 2 fully saturated rings. The molecule has 5 heteroatoms. The number of hydrogen-bond acceptors (Lipinski definition) is 3. The Morgan fingerprint density at radius 3 is 2.64 bits per heavy atom. The van der Waals surface area contributed by atoms with Crippen molar-refractivity contribution in [1.29, 1.82) is 0 Å². The van der Waals surface area contributed by atoms with Crippen LogP contribution in [0, 0.1) is 0 Å². The third-order valence-electron chi connectivity index (χ3n) is 5.24. The Kier molecular flexibility index (Phi) is 3.18. The number of ether oxygens (including phenoxy) is 1. The largest absolute Gasteiger partial charge is 0.375 e. The number of likely N-dealkylation sites (tertiary alicyclic amines) is 1. The van der Waals surface area contributed by atoms with E-state index < -0.39 is 6.04 Å². The van der Waals surface area contributed by atoms with Crippen LogP contribution in [0.4, 0.5) is 0 Å². The van der Waals surface area contributed by atoms with Gasteiger partial charge < -0.3 is 15.0 Å². The van der Waals surface area contributed by atoms with E-state index in [4.69, 9.17) is 4.74 Å². The van der Waals surface area contributed by atoms with E-state index in [-0.39, 0.29) is 17.4 Å². The molecule has 0 bridgehead atoms. The molecule has 1 spiro atoms. The molecule has 0 aromatic heterocycles. The molecule has 2 amide bonds. The highest BCUT2D eigenvalue weighted by atomic mass is 16.5. The van der Waals surface area contributed by atoms with E-state index >= 15 is 0 Å². The maximum atomic E-state index is 12.7. The Morgan fingerprint density at radius 2 is 1.95 bits per heavy atom. The minimum atomic E-state index is -0.432. The van der Waals surface area contributed by atoms with Crippen molar-refractivity contribution in [2.24, 2.45) is 0 Å². The third kappa shape index (κ3) is 2.20. The highest BCUT2D eigenvalue weighted by Gasteiger charge is 2.43. The molecule has 1 aromatic rings. The lowest BCUT2D eigenvalue weighted by atomic mass is 9.84. The summed E-state index contributed by atoms with van der Waals surface area (Å²) in [7, 11) is 0. The van der Waals surface area contributed by atoms with E-state index in [2.05, 4.69) is 5.32 Å². The van der Waals surface area contributed by atoms with E-state index in [1.54, 1.807) is 0 Å². The minimum Gasteiger partial charge on any atom is -0.375 e. The predicted octanol–water partition coefficient (Wildman–Crippen LogP) is 1.12. The summed E-state index contributed by atoms with van der Waals surface area (Å²) in [5.74, 6) is -0.104. The van der Waals surface area contributed by atoms with Crippen LogP contribution in [0.25, 0.3) is 0 Å². The van der Waals surface area contributed by atoms with Gasteiger partial charge in [-0.25, -0.2) is 0 Å². The highest BCUT2D eigenvalue weighted by molar-refractivity contribution is 6.00. The number of fused-ring (bicyclic) bond motifs is 1. The molecule has 3 aliphatic rings. The minimum absolute atomic E-state index is 0.0389. The van der Waals surface area contributed by atoms with Gasteiger partial charge in [-0.3, -0.25) is 9.59 Å². The fourth-order valence-corrected chi connectivity index (χ4v) is 3.72. The van der Waals surface area contributed by atoms with Crippen molar-refractivity contribution in [2.75, 3.05) is 19.7 Å². The maximum absolute atomic E-state index is 12.7. The average molecular weight is 300 g/mol. The van der Waals surface area contributed by atoms with Crippen LogP contribution in [0.5, 0.6) is 0 Å². The van der Waals surface area contributed by atoms with Gasteiger partial charge in [0.1, 0.15) is 6.04 Å². The second kappa shape index (κ2) is 5.09. The number of amides is 2. The Hall–Kier alpha value is -1.88. The molecule has 1 N–H and O–H groups in total. The highest BCUT2D eigenvalue weighted by Crippen LogP contribution is 2.36. The van der Waals surface area contributed by atoms with E-state index in [1.807, 2.05) is 29.2 Å².